The Morgan fingerprint density at radius 3 is 2.67 bits per heavy atom. The zero-order valence-corrected chi connectivity index (χ0v) is 14.8. The molecule has 27 heavy (non-hydrogen) atoms. The van der Waals surface area contributed by atoms with E-state index < -0.39 is 42.4 Å². The van der Waals surface area contributed by atoms with Crippen LogP contribution in [0.1, 0.15) is 20.1 Å². The molecule has 0 spiro atoms. The van der Waals surface area contributed by atoms with Crippen LogP contribution < -0.4 is 10.5 Å². The smallest absolute Gasteiger partial charge is 0.303 e. The molecule has 2 aromatic heterocycles. The number of hydrogen-bond acceptors (Lipinski definition) is 11. The summed E-state index contributed by atoms with van der Waals surface area (Å²) < 4.78 is 17.1. The zero-order valence-electron chi connectivity index (χ0n) is 14.8. The third-order valence-corrected chi connectivity index (χ3v) is 4.34. The first-order valence-electron chi connectivity index (χ1n) is 7.95. The second-order valence-electron chi connectivity index (χ2n) is 6.04. The normalized spacial score (nSPS) is 27.7. The number of aromatic nitrogens is 4. The number of anilines is 1. The van der Waals surface area contributed by atoms with E-state index in [4.69, 9.17) is 19.9 Å². The van der Waals surface area contributed by atoms with Gasteiger partial charge in [0, 0.05) is 6.92 Å². The van der Waals surface area contributed by atoms with E-state index in [1.54, 1.807) is 0 Å². The summed E-state index contributed by atoms with van der Waals surface area (Å²) in [6.07, 6.45) is -2.71. The molecule has 0 amide bonds. The minimum atomic E-state index is -2.29. The summed E-state index contributed by atoms with van der Waals surface area (Å²) in [6, 6.07) is 0. The molecule has 1 aliphatic heterocycles. The molecule has 4 atom stereocenters. The number of ketones is 1. The molecule has 146 valence electrons. The van der Waals surface area contributed by atoms with Crippen LogP contribution in [0.25, 0.3) is 11.2 Å². The maximum atomic E-state index is 12.3. The highest BCUT2D eigenvalue weighted by Crippen LogP contribution is 2.42. The fraction of sp³-hybridized carbons (Fsp3) is 0.533. The number of fused-ring (bicyclic) bond motifs is 1. The van der Waals surface area contributed by atoms with Crippen molar-refractivity contribution in [3.05, 3.63) is 6.33 Å². The number of ether oxygens (including phenoxy) is 3. The van der Waals surface area contributed by atoms with Crippen molar-refractivity contribution in [1.29, 1.82) is 0 Å². The lowest BCUT2D eigenvalue weighted by atomic mass is 9.90. The van der Waals surface area contributed by atoms with Crippen LogP contribution in [0, 0.1) is 0 Å². The molecule has 3 rings (SSSR count). The maximum absolute atomic E-state index is 12.3. The van der Waals surface area contributed by atoms with Gasteiger partial charge in [0.2, 0.25) is 17.4 Å². The Morgan fingerprint density at radius 1 is 1.41 bits per heavy atom. The van der Waals surface area contributed by atoms with Gasteiger partial charge >= 0.3 is 5.97 Å². The summed E-state index contributed by atoms with van der Waals surface area (Å²) in [5, 5.41) is 20.7. The van der Waals surface area contributed by atoms with Gasteiger partial charge in [-0.1, -0.05) is 0 Å². The van der Waals surface area contributed by atoms with Crippen LogP contribution in [0.15, 0.2) is 6.33 Å². The number of hydrogen-bond donors (Lipinski definition) is 3. The largest absolute Gasteiger partial charge is 0.479 e. The van der Waals surface area contributed by atoms with E-state index in [1.165, 1.54) is 18.0 Å². The number of nitrogen functional groups attached to an aromatic ring is 1. The summed E-state index contributed by atoms with van der Waals surface area (Å²) in [5.74, 6) is -1.51. The Kier molecular flexibility index (Phi) is 4.71. The maximum Gasteiger partial charge on any atom is 0.303 e. The number of aliphatic hydroxyl groups is 2. The average Bonchev–Trinajstić information content (AvgIpc) is 3.14. The summed E-state index contributed by atoms with van der Waals surface area (Å²) in [7, 11) is 1.37. The molecule has 1 aliphatic rings. The van der Waals surface area contributed by atoms with E-state index in [9.17, 15) is 19.8 Å². The Hall–Kier alpha value is -2.83. The average molecular weight is 381 g/mol. The fourth-order valence-corrected chi connectivity index (χ4v) is 3.12. The van der Waals surface area contributed by atoms with Gasteiger partial charge in [-0.25, -0.2) is 4.98 Å². The molecule has 0 bridgehead atoms. The fourth-order valence-electron chi connectivity index (χ4n) is 3.12. The predicted octanol–water partition coefficient (Wildman–Crippen LogP) is -1.44. The van der Waals surface area contributed by atoms with Crippen molar-refractivity contribution >= 4 is 28.9 Å². The van der Waals surface area contributed by atoms with Crippen LogP contribution in [0.5, 0.6) is 5.88 Å². The van der Waals surface area contributed by atoms with Gasteiger partial charge in [0.15, 0.2) is 29.3 Å². The van der Waals surface area contributed by atoms with E-state index in [-0.39, 0.29) is 23.0 Å². The standard InChI is InChI=1S/C15H19N5O7/c1-6(22)15(24)10(26-7(2)23)8(4-21)27-13(15)20-5-17-9-11(20)18-14(16)19-12(9)25-3/h5,8,10,13,21,24H,4H2,1-3H3,(H2,16,18,19)/t8-,10-,13-,15+/m1/s1. The molecule has 1 fully saturated rings. The van der Waals surface area contributed by atoms with E-state index in [1.807, 2.05) is 0 Å². The van der Waals surface area contributed by atoms with Gasteiger partial charge < -0.3 is 30.2 Å². The molecule has 1 saturated heterocycles. The number of carbonyl (C=O) groups excluding carboxylic acids is 2. The molecule has 4 N–H and O–H groups in total. The van der Waals surface area contributed by atoms with Gasteiger partial charge in [-0.05, 0) is 6.92 Å². The molecule has 3 heterocycles. The second-order valence-corrected chi connectivity index (χ2v) is 6.04. The first-order chi connectivity index (χ1) is 12.7. The third-order valence-electron chi connectivity index (χ3n) is 4.34. The number of rotatable bonds is 5. The topological polar surface area (TPSA) is 172 Å². The van der Waals surface area contributed by atoms with Crippen molar-refractivity contribution in [2.75, 3.05) is 19.5 Å². The Labute approximate surface area is 152 Å². The molecule has 0 unspecified atom stereocenters. The lowest BCUT2D eigenvalue weighted by Gasteiger charge is -2.30. The van der Waals surface area contributed by atoms with E-state index in [0.29, 0.717) is 0 Å². The van der Waals surface area contributed by atoms with Gasteiger partial charge in [-0.15, -0.1) is 0 Å². The molecule has 0 aliphatic carbocycles. The van der Waals surface area contributed by atoms with Gasteiger partial charge in [0.1, 0.15) is 6.10 Å². The van der Waals surface area contributed by atoms with Gasteiger partial charge in [0.05, 0.1) is 20.0 Å². The number of nitrogens with zero attached hydrogens (tertiary/aromatic N) is 4. The predicted molar refractivity (Wildman–Crippen MR) is 88.5 cm³/mol. The van der Waals surface area contributed by atoms with E-state index in [2.05, 4.69) is 15.0 Å². The number of carbonyl (C=O) groups is 2. The van der Waals surface area contributed by atoms with E-state index in [0.717, 1.165) is 13.8 Å². The van der Waals surface area contributed by atoms with Crippen molar-refractivity contribution in [2.45, 2.75) is 37.9 Å². The third kappa shape index (κ3) is 2.87. The molecule has 12 heteroatoms. The van der Waals surface area contributed by atoms with Crippen molar-refractivity contribution in [2.24, 2.45) is 0 Å². The van der Waals surface area contributed by atoms with Crippen LogP contribution in [0.2, 0.25) is 0 Å². The van der Waals surface area contributed by atoms with Gasteiger partial charge in [-0.2, -0.15) is 9.97 Å². The Balaban J connectivity index is 2.18. The number of imidazole rings is 1. The summed E-state index contributed by atoms with van der Waals surface area (Å²) in [6.45, 7) is 1.64. The van der Waals surface area contributed by atoms with Crippen molar-refractivity contribution in [3.63, 3.8) is 0 Å². The van der Waals surface area contributed by atoms with Gasteiger partial charge in [0.25, 0.3) is 0 Å². The highest BCUT2D eigenvalue weighted by Gasteiger charge is 2.62. The highest BCUT2D eigenvalue weighted by atomic mass is 16.6. The lowest BCUT2D eigenvalue weighted by molar-refractivity contribution is -0.170. The molecular formula is C15H19N5O7. The zero-order chi connectivity index (χ0) is 19.9. The summed E-state index contributed by atoms with van der Waals surface area (Å²) >= 11 is 0. The highest BCUT2D eigenvalue weighted by molar-refractivity contribution is 5.87. The molecule has 0 aromatic carbocycles. The van der Waals surface area contributed by atoms with E-state index >= 15 is 0 Å². The van der Waals surface area contributed by atoms with Crippen LogP contribution >= 0.6 is 0 Å². The van der Waals surface area contributed by atoms with Crippen molar-refractivity contribution in [3.8, 4) is 5.88 Å². The number of nitrogens with two attached hydrogens (primary N) is 1. The number of esters is 1. The molecule has 2 aromatic rings. The van der Waals surface area contributed by atoms with Crippen LogP contribution in [-0.2, 0) is 19.1 Å². The van der Waals surface area contributed by atoms with Crippen LogP contribution in [-0.4, -0.2) is 73.0 Å². The second kappa shape index (κ2) is 6.72. The first kappa shape index (κ1) is 18.9. The molecule has 0 radical (unpaired) electrons. The first-order valence-corrected chi connectivity index (χ1v) is 7.95. The van der Waals surface area contributed by atoms with Crippen LogP contribution in [0.3, 0.4) is 0 Å². The van der Waals surface area contributed by atoms with Crippen molar-refractivity contribution < 1.29 is 34.0 Å². The molecular weight excluding hydrogens is 362 g/mol. The molecule has 12 nitrogen and oxygen atoms in total. The Bertz CT molecular complexity index is 900. The number of Topliss-reactive ketones (excluding diaryl/α,β-unsaturated/α-hetero) is 1. The lowest BCUT2D eigenvalue weighted by Crippen LogP contribution is -2.54. The van der Waals surface area contributed by atoms with Crippen LogP contribution in [0.4, 0.5) is 5.95 Å². The minimum absolute atomic E-state index is 0.0934. The summed E-state index contributed by atoms with van der Waals surface area (Å²) in [4.78, 5) is 35.9. The summed E-state index contributed by atoms with van der Waals surface area (Å²) in [5.41, 5.74) is 3.74. The monoisotopic (exact) mass is 381 g/mol. The molecule has 0 saturated carbocycles. The number of methoxy groups -OCH3 is 1. The van der Waals surface area contributed by atoms with Crippen molar-refractivity contribution in [1.82, 2.24) is 19.5 Å². The van der Waals surface area contributed by atoms with Gasteiger partial charge in [-0.3, -0.25) is 14.2 Å². The minimum Gasteiger partial charge on any atom is -0.479 e. The Morgan fingerprint density at radius 2 is 2.11 bits per heavy atom. The number of aliphatic hydroxyl groups excluding tert-OH is 1. The quantitative estimate of drug-likeness (QED) is 0.518. The SMILES string of the molecule is COc1nc(N)nc2c1ncn2[C@@H]1O[C@H](CO)[C@@H](OC(C)=O)[C@@]1(O)C(C)=O.